The summed E-state index contributed by atoms with van der Waals surface area (Å²) in [5, 5.41) is 3.20. The van der Waals surface area contributed by atoms with E-state index in [2.05, 4.69) is 5.32 Å². The highest BCUT2D eigenvalue weighted by Gasteiger charge is 2.38. The van der Waals surface area contributed by atoms with Crippen LogP contribution in [0.5, 0.6) is 5.75 Å². The molecule has 1 aliphatic carbocycles. The number of rotatable bonds is 4. The predicted octanol–water partition coefficient (Wildman–Crippen LogP) is 3.02. The van der Waals surface area contributed by atoms with Crippen LogP contribution in [0.2, 0.25) is 0 Å². The molecule has 1 aromatic rings. The fourth-order valence-corrected chi connectivity index (χ4v) is 2.56. The van der Waals surface area contributed by atoms with Gasteiger partial charge in [0.15, 0.2) is 0 Å². The second-order valence-electron chi connectivity index (χ2n) is 5.32. The van der Waals surface area contributed by atoms with Gasteiger partial charge in [-0.05, 0) is 18.9 Å². The molecule has 1 heterocycles. The predicted molar refractivity (Wildman–Crippen MR) is 69.9 cm³/mol. The molecule has 0 spiro atoms. The summed E-state index contributed by atoms with van der Waals surface area (Å²) in [6, 6.07) is 5.65. The van der Waals surface area contributed by atoms with Crippen molar-refractivity contribution < 1.29 is 17.9 Å². The fraction of sp³-hybridized carbons (Fsp3) is 0.571. The van der Waals surface area contributed by atoms with Crippen LogP contribution in [0, 0.1) is 0 Å². The number of fused-ring (bicyclic) bond motifs is 1. The third-order valence-corrected chi connectivity index (χ3v) is 3.58. The van der Waals surface area contributed by atoms with E-state index in [1.807, 2.05) is 18.2 Å². The average molecular weight is 286 g/mol. The molecule has 20 heavy (non-hydrogen) atoms. The first kappa shape index (κ1) is 13.5. The lowest BCUT2D eigenvalue weighted by Gasteiger charge is -2.27. The molecule has 1 saturated carbocycles. The van der Waals surface area contributed by atoms with Gasteiger partial charge in [-0.2, -0.15) is 13.2 Å². The van der Waals surface area contributed by atoms with Gasteiger partial charge in [-0.15, -0.1) is 0 Å². The molecule has 1 aromatic carbocycles. The van der Waals surface area contributed by atoms with Crippen molar-refractivity contribution in [2.24, 2.45) is 0 Å². The van der Waals surface area contributed by atoms with Crippen LogP contribution in [-0.4, -0.2) is 36.8 Å². The van der Waals surface area contributed by atoms with E-state index in [4.69, 9.17) is 4.74 Å². The summed E-state index contributed by atoms with van der Waals surface area (Å²) < 4.78 is 43.6. The Morgan fingerprint density at radius 2 is 2.10 bits per heavy atom. The van der Waals surface area contributed by atoms with Gasteiger partial charge < -0.3 is 10.1 Å². The van der Waals surface area contributed by atoms with Crippen LogP contribution in [0.15, 0.2) is 18.2 Å². The number of ether oxygens (including phenoxy) is 1. The Bertz CT molecular complexity index is 486. The van der Waals surface area contributed by atoms with Gasteiger partial charge in [0.05, 0.1) is 12.2 Å². The Labute approximate surface area is 115 Å². The van der Waals surface area contributed by atoms with Crippen molar-refractivity contribution in [2.75, 3.05) is 25.0 Å². The van der Waals surface area contributed by atoms with Crippen molar-refractivity contribution in [3.63, 3.8) is 0 Å². The molecule has 0 unspecified atom stereocenters. The molecular formula is C14H17F3N2O. The molecule has 1 N–H and O–H groups in total. The van der Waals surface area contributed by atoms with E-state index in [-0.39, 0.29) is 12.6 Å². The number of anilines is 1. The number of nitrogens with zero attached hydrogens (tertiary/aromatic N) is 1. The fourth-order valence-electron chi connectivity index (χ4n) is 2.56. The standard InChI is InChI=1S/C14H17F3N2O/c15-14(16,17)9-19(11-4-5-11)8-10-2-1-3-12-13(10)20-7-6-18-12/h1-3,11,18H,4-9H2. The van der Waals surface area contributed by atoms with Crippen molar-refractivity contribution in [3.05, 3.63) is 23.8 Å². The zero-order valence-corrected chi connectivity index (χ0v) is 11.0. The van der Waals surface area contributed by atoms with Crippen LogP contribution in [0.3, 0.4) is 0 Å². The van der Waals surface area contributed by atoms with Crippen molar-refractivity contribution in [3.8, 4) is 5.75 Å². The minimum Gasteiger partial charge on any atom is -0.489 e. The number of hydrogen-bond acceptors (Lipinski definition) is 3. The summed E-state index contributed by atoms with van der Waals surface area (Å²) in [7, 11) is 0. The number of alkyl halides is 3. The highest BCUT2D eigenvalue weighted by atomic mass is 19.4. The molecule has 110 valence electrons. The molecular weight excluding hydrogens is 269 g/mol. The summed E-state index contributed by atoms with van der Waals surface area (Å²) in [6.07, 6.45) is -2.45. The lowest BCUT2D eigenvalue weighted by molar-refractivity contribution is -0.148. The maximum atomic E-state index is 12.7. The molecule has 0 saturated heterocycles. The van der Waals surface area contributed by atoms with Crippen LogP contribution in [0.25, 0.3) is 0 Å². The van der Waals surface area contributed by atoms with Gasteiger partial charge in [0.2, 0.25) is 0 Å². The van der Waals surface area contributed by atoms with E-state index in [0.29, 0.717) is 12.4 Å². The second-order valence-corrected chi connectivity index (χ2v) is 5.32. The summed E-state index contributed by atoms with van der Waals surface area (Å²) in [4.78, 5) is 1.51. The SMILES string of the molecule is FC(F)(F)CN(Cc1cccc2c1OCCN2)C1CC1. The van der Waals surface area contributed by atoms with Crippen LogP contribution >= 0.6 is 0 Å². The average Bonchev–Trinajstić information content (AvgIpc) is 3.21. The molecule has 0 amide bonds. The Morgan fingerprint density at radius 1 is 1.30 bits per heavy atom. The van der Waals surface area contributed by atoms with Crippen LogP contribution < -0.4 is 10.1 Å². The topological polar surface area (TPSA) is 24.5 Å². The smallest absolute Gasteiger partial charge is 0.401 e. The molecule has 1 aliphatic heterocycles. The van der Waals surface area contributed by atoms with Crippen LogP contribution in [-0.2, 0) is 6.54 Å². The lowest BCUT2D eigenvalue weighted by atomic mass is 10.1. The van der Waals surface area contributed by atoms with E-state index >= 15 is 0 Å². The molecule has 6 heteroatoms. The first-order valence-electron chi connectivity index (χ1n) is 6.82. The summed E-state index contributed by atoms with van der Waals surface area (Å²) in [6.45, 7) is 0.710. The van der Waals surface area contributed by atoms with Gasteiger partial charge in [-0.1, -0.05) is 12.1 Å². The van der Waals surface area contributed by atoms with Gasteiger partial charge in [0.25, 0.3) is 0 Å². The van der Waals surface area contributed by atoms with Gasteiger partial charge >= 0.3 is 6.18 Å². The Kier molecular flexibility index (Phi) is 3.50. The maximum absolute atomic E-state index is 12.7. The van der Waals surface area contributed by atoms with E-state index in [1.54, 1.807) is 0 Å². The highest BCUT2D eigenvalue weighted by molar-refractivity contribution is 5.61. The zero-order valence-electron chi connectivity index (χ0n) is 11.0. The van der Waals surface area contributed by atoms with Crippen molar-refractivity contribution >= 4 is 5.69 Å². The Hall–Kier alpha value is -1.43. The Balaban J connectivity index is 1.78. The van der Waals surface area contributed by atoms with Crippen molar-refractivity contribution in [1.82, 2.24) is 4.90 Å². The lowest BCUT2D eigenvalue weighted by Crippen LogP contribution is -2.35. The van der Waals surface area contributed by atoms with E-state index < -0.39 is 12.7 Å². The van der Waals surface area contributed by atoms with E-state index in [1.165, 1.54) is 4.90 Å². The van der Waals surface area contributed by atoms with Crippen LogP contribution in [0.4, 0.5) is 18.9 Å². The van der Waals surface area contributed by atoms with E-state index in [9.17, 15) is 13.2 Å². The number of benzene rings is 1. The quantitative estimate of drug-likeness (QED) is 0.921. The summed E-state index contributed by atoms with van der Waals surface area (Å²) in [5.74, 6) is 0.701. The second kappa shape index (κ2) is 5.16. The zero-order chi connectivity index (χ0) is 14.2. The van der Waals surface area contributed by atoms with Crippen molar-refractivity contribution in [2.45, 2.75) is 31.6 Å². The number of nitrogens with one attached hydrogen (secondary N) is 1. The van der Waals surface area contributed by atoms with Crippen molar-refractivity contribution in [1.29, 1.82) is 0 Å². The third-order valence-electron chi connectivity index (χ3n) is 3.58. The molecule has 1 fully saturated rings. The maximum Gasteiger partial charge on any atom is 0.401 e. The molecule has 3 rings (SSSR count). The van der Waals surface area contributed by atoms with Gasteiger partial charge in [-0.25, -0.2) is 0 Å². The minimum atomic E-state index is -4.16. The molecule has 0 atom stereocenters. The molecule has 0 aromatic heterocycles. The monoisotopic (exact) mass is 286 g/mol. The molecule has 0 radical (unpaired) electrons. The molecule has 3 nitrogen and oxygen atoms in total. The van der Waals surface area contributed by atoms with Gasteiger partial charge in [0, 0.05) is 24.7 Å². The number of para-hydroxylation sites is 1. The molecule has 2 aliphatic rings. The molecule has 0 bridgehead atoms. The minimum absolute atomic E-state index is 0.0593. The third kappa shape index (κ3) is 3.17. The Morgan fingerprint density at radius 3 is 2.80 bits per heavy atom. The van der Waals surface area contributed by atoms with Gasteiger partial charge in [0.1, 0.15) is 12.4 Å². The van der Waals surface area contributed by atoms with Crippen LogP contribution in [0.1, 0.15) is 18.4 Å². The highest BCUT2D eigenvalue weighted by Crippen LogP contribution is 2.36. The van der Waals surface area contributed by atoms with E-state index in [0.717, 1.165) is 30.6 Å². The summed E-state index contributed by atoms with van der Waals surface area (Å²) in [5.41, 5.74) is 1.70. The summed E-state index contributed by atoms with van der Waals surface area (Å²) >= 11 is 0. The largest absolute Gasteiger partial charge is 0.489 e. The van der Waals surface area contributed by atoms with Gasteiger partial charge in [-0.3, -0.25) is 4.90 Å². The number of hydrogen-bond donors (Lipinski definition) is 1. The number of halogens is 3. The first-order valence-corrected chi connectivity index (χ1v) is 6.82. The normalized spacial score (nSPS) is 18.4. The first-order chi connectivity index (χ1) is 9.53.